The number of nitrogens with zero attached hydrogens (tertiary/aromatic N) is 2. The van der Waals surface area contributed by atoms with Gasteiger partial charge < -0.3 is 24.0 Å². The van der Waals surface area contributed by atoms with Crippen LogP contribution in [0, 0.1) is 0 Å². The van der Waals surface area contributed by atoms with Crippen molar-refractivity contribution in [2.45, 2.75) is 70.4 Å². The van der Waals surface area contributed by atoms with Crippen molar-refractivity contribution in [2.75, 3.05) is 12.4 Å². The Labute approximate surface area is 165 Å². The molecule has 1 aliphatic rings. The average molecular weight is 412 g/mol. The van der Waals surface area contributed by atoms with Gasteiger partial charge in [0, 0.05) is 20.2 Å². The van der Waals surface area contributed by atoms with Gasteiger partial charge in [-0.05, 0) is 24.2 Å². The Morgan fingerprint density at radius 1 is 1.36 bits per heavy atom. The quantitative estimate of drug-likeness (QED) is 0.560. The zero-order valence-electron chi connectivity index (χ0n) is 17.4. The van der Waals surface area contributed by atoms with Gasteiger partial charge in [-0.15, -0.1) is 0 Å². The maximum absolute atomic E-state index is 12.5. The monoisotopic (exact) mass is 411 g/mol. The van der Waals surface area contributed by atoms with Crippen LogP contribution in [0.25, 0.3) is 0 Å². The fourth-order valence-corrected chi connectivity index (χ4v) is 4.06. The minimum Gasteiger partial charge on any atom is -0.408 e. The second-order valence-electron chi connectivity index (χ2n) is 8.35. The lowest BCUT2D eigenvalue weighted by Crippen LogP contribution is -2.50. The molecule has 9 nitrogen and oxygen atoms in total. The highest BCUT2D eigenvalue weighted by molar-refractivity contribution is 6.74. The molecule has 1 aromatic heterocycles. The van der Waals surface area contributed by atoms with Crippen LogP contribution in [0.4, 0.5) is 5.82 Å². The van der Waals surface area contributed by atoms with Gasteiger partial charge in [-0.2, -0.15) is 4.98 Å². The van der Waals surface area contributed by atoms with Crippen molar-refractivity contribution in [1.82, 2.24) is 9.55 Å². The fourth-order valence-electron chi connectivity index (χ4n) is 2.76. The molecule has 1 saturated heterocycles. The maximum Gasteiger partial charge on any atom is 0.351 e. The summed E-state index contributed by atoms with van der Waals surface area (Å²) in [5.41, 5.74) is -0.629. The third-order valence-electron chi connectivity index (χ3n) is 5.28. The molecule has 0 bridgehead atoms. The first-order valence-electron chi connectivity index (χ1n) is 9.09. The van der Waals surface area contributed by atoms with Crippen LogP contribution in [-0.4, -0.2) is 55.5 Å². The number of methoxy groups -OCH3 is 1. The van der Waals surface area contributed by atoms with Crippen molar-refractivity contribution in [1.29, 1.82) is 0 Å². The standard InChI is InChI=1S/C18H29N3O6Si/c1-11(23)19-13-8-9-21(17(24)20-13)16-15(25-5)14(12(10-22)26-16)27-28(6,7)18(2,3)4/h8-10,12,14-16H,1-7H3,(H,19,20,23,24)/t12-,14-,15-,16-/m1/s1. The summed E-state index contributed by atoms with van der Waals surface area (Å²) >= 11 is 0. The Morgan fingerprint density at radius 2 is 2.00 bits per heavy atom. The van der Waals surface area contributed by atoms with Crippen molar-refractivity contribution in [3.63, 3.8) is 0 Å². The highest BCUT2D eigenvalue weighted by Gasteiger charge is 2.51. The van der Waals surface area contributed by atoms with Crippen LogP contribution in [0.1, 0.15) is 33.9 Å². The van der Waals surface area contributed by atoms with Crippen LogP contribution in [0.15, 0.2) is 17.1 Å². The lowest BCUT2D eigenvalue weighted by atomic mass is 10.1. The van der Waals surface area contributed by atoms with Gasteiger partial charge in [0.15, 0.2) is 20.8 Å². The molecule has 28 heavy (non-hydrogen) atoms. The number of aldehydes is 1. The van der Waals surface area contributed by atoms with Gasteiger partial charge in [-0.1, -0.05) is 20.8 Å². The number of carbonyl (C=O) groups excluding carboxylic acids is 2. The summed E-state index contributed by atoms with van der Waals surface area (Å²) < 4.78 is 19.0. The van der Waals surface area contributed by atoms with Gasteiger partial charge in [0.05, 0.1) is 0 Å². The molecule has 0 aromatic carbocycles. The SMILES string of the molecule is CO[C@@H]1[C@H](O[Si](C)(C)C(C)(C)C)[C@@H](C=O)O[C@H]1n1ccc(NC(C)=O)nc1=O. The molecule has 4 atom stereocenters. The number of anilines is 1. The number of aromatic nitrogens is 2. The Morgan fingerprint density at radius 3 is 2.46 bits per heavy atom. The summed E-state index contributed by atoms with van der Waals surface area (Å²) in [4.78, 5) is 39.1. The van der Waals surface area contributed by atoms with Gasteiger partial charge in [-0.3, -0.25) is 9.36 Å². The third-order valence-corrected chi connectivity index (χ3v) is 9.75. The molecular weight excluding hydrogens is 382 g/mol. The first kappa shape index (κ1) is 22.4. The molecule has 1 amide bonds. The number of nitrogens with one attached hydrogen (secondary N) is 1. The molecule has 156 valence electrons. The number of ether oxygens (including phenoxy) is 2. The van der Waals surface area contributed by atoms with E-state index >= 15 is 0 Å². The molecule has 0 aliphatic carbocycles. The van der Waals surface area contributed by atoms with Gasteiger partial charge in [0.2, 0.25) is 5.91 Å². The van der Waals surface area contributed by atoms with E-state index in [0.717, 1.165) is 0 Å². The van der Waals surface area contributed by atoms with Gasteiger partial charge >= 0.3 is 5.69 Å². The molecule has 0 unspecified atom stereocenters. The number of hydrogen-bond acceptors (Lipinski definition) is 7. The van der Waals surface area contributed by atoms with Crippen LogP contribution in [0.2, 0.25) is 18.1 Å². The van der Waals surface area contributed by atoms with E-state index < -0.39 is 38.5 Å². The second kappa shape index (κ2) is 8.24. The van der Waals surface area contributed by atoms with E-state index in [0.29, 0.717) is 6.29 Å². The topological polar surface area (TPSA) is 109 Å². The second-order valence-corrected chi connectivity index (χ2v) is 13.1. The Balaban J connectivity index is 2.36. The number of carbonyl (C=O) groups is 2. The molecule has 1 aromatic rings. The van der Waals surface area contributed by atoms with Crippen molar-refractivity contribution < 1.29 is 23.5 Å². The minimum atomic E-state index is -2.23. The highest BCUT2D eigenvalue weighted by atomic mass is 28.4. The largest absolute Gasteiger partial charge is 0.408 e. The van der Waals surface area contributed by atoms with Crippen molar-refractivity contribution in [3.05, 3.63) is 22.7 Å². The molecule has 10 heteroatoms. The predicted octanol–water partition coefficient (Wildman–Crippen LogP) is 1.70. The van der Waals surface area contributed by atoms with Crippen LogP contribution in [0.3, 0.4) is 0 Å². The molecule has 2 rings (SSSR count). The molecule has 0 spiro atoms. The van der Waals surface area contributed by atoms with E-state index in [1.54, 1.807) is 0 Å². The number of rotatable bonds is 6. The van der Waals surface area contributed by atoms with Crippen molar-refractivity contribution >= 4 is 26.3 Å². The molecule has 2 heterocycles. The van der Waals surface area contributed by atoms with Crippen LogP contribution in [-0.2, 0) is 23.5 Å². The lowest BCUT2D eigenvalue weighted by Gasteiger charge is -2.39. The average Bonchev–Trinajstić information content (AvgIpc) is 2.90. The van der Waals surface area contributed by atoms with E-state index in [2.05, 4.69) is 44.2 Å². The van der Waals surface area contributed by atoms with Crippen molar-refractivity contribution in [2.24, 2.45) is 0 Å². The first-order chi connectivity index (χ1) is 12.9. The van der Waals surface area contributed by atoms with Gasteiger partial charge in [-0.25, -0.2) is 4.79 Å². The zero-order valence-corrected chi connectivity index (χ0v) is 18.4. The summed E-state index contributed by atoms with van der Waals surface area (Å²) in [6, 6.07) is 1.48. The molecule has 1 N–H and O–H groups in total. The van der Waals surface area contributed by atoms with Crippen LogP contribution >= 0.6 is 0 Å². The molecule has 0 saturated carbocycles. The summed E-state index contributed by atoms with van der Waals surface area (Å²) in [5, 5.41) is 2.38. The van der Waals surface area contributed by atoms with Crippen LogP contribution in [0.5, 0.6) is 0 Å². The summed E-state index contributed by atoms with van der Waals surface area (Å²) in [6.07, 6.45) is -0.931. The predicted molar refractivity (Wildman–Crippen MR) is 106 cm³/mol. The fraction of sp³-hybridized carbons (Fsp3) is 0.667. The van der Waals surface area contributed by atoms with Crippen molar-refractivity contribution in [3.8, 4) is 0 Å². The van der Waals surface area contributed by atoms with E-state index in [1.165, 1.54) is 30.9 Å². The van der Waals surface area contributed by atoms with E-state index in [-0.39, 0.29) is 16.8 Å². The van der Waals surface area contributed by atoms with Crippen LogP contribution < -0.4 is 11.0 Å². The van der Waals surface area contributed by atoms with Gasteiger partial charge in [0.1, 0.15) is 24.1 Å². The summed E-state index contributed by atoms with van der Waals surface area (Å²) in [6.45, 7) is 11.8. The van der Waals surface area contributed by atoms with Gasteiger partial charge in [0.25, 0.3) is 0 Å². The molecular formula is C18H29N3O6Si. The Bertz CT molecular complexity index is 788. The van der Waals surface area contributed by atoms with E-state index in [1.807, 2.05) is 0 Å². The first-order valence-corrected chi connectivity index (χ1v) is 12.0. The third kappa shape index (κ3) is 4.57. The van der Waals surface area contributed by atoms with E-state index in [9.17, 15) is 14.4 Å². The molecule has 1 aliphatic heterocycles. The normalized spacial score (nSPS) is 25.5. The maximum atomic E-state index is 12.5. The molecule has 0 radical (unpaired) electrons. The smallest absolute Gasteiger partial charge is 0.351 e. The van der Waals surface area contributed by atoms with E-state index in [4.69, 9.17) is 13.9 Å². The summed E-state index contributed by atoms with van der Waals surface area (Å²) in [5.74, 6) is -0.192. The number of hydrogen-bond donors (Lipinski definition) is 1. The Kier molecular flexibility index (Phi) is 6.59. The lowest BCUT2D eigenvalue weighted by molar-refractivity contribution is -0.122. The summed E-state index contributed by atoms with van der Waals surface area (Å²) in [7, 11) is -0.740. The Hall–Kier alpha value is -1.88. The molecule has 1 fully saturated rings. The zero-order chi connectivity index (χ0) is 21.3. The minimum absolute atomic E-state index is 0.0742. The highest BCUT2D eigenvalue weighted by Crippen LogP contribution is 2.41. The number of amides is 1.